The van der Waals surface area contributed by atoms with E-state index in [1.807, 2.05) is 12.1 Å². The first-order valence-corrected chi connectivity index (χ1v) is 9.42. The summed E-state index contributed by atoms with van der Waals surface area (Å²) in [6, 6.07) is 13.7. The number of carbonyl (C=O) groups excluding carboxylic acids is 1. The van der Waals surface area contributed by atoms with Crippen LogP contribution < -0.4 is 15.4 Å². The number of rotatable bonds is 9. The van der Waals surface area contributed by atoms with Crippen molar-refractivity contribution >= 4 is 29.0 Å². The number of nitrogens with one attached hydrogen (secondary N) is 2. The standard InChI is InChI=1S/C21H21N5O5/c1-3-31-21(27)15-6-8-16(9-7-15)25-20-18(26(28)29)19(23-13-24-20)22-12-14-4-10-17(30-2)11-5-14/h4-11,13H,3,12H2,1-2H3,(H2,22,23,24,25). The number of benzene rings is 2. The van der Waals surface area contributed by atoms with Crippen LogP contribution in [-0.2, 0) is 11.3 Å². The van der Waals surface area contributed by atoms with Crippen LogP contribution in [0.25, 0.3) is 0 Å². The number of hydrogen-bond acceptors (Lipinski definition) is 9. The van der Waals surface area contributed by atoms with Gasteiger partial charge in [-0.05, 0) is 48.9 Å². The van der Waals surface area contributed by atoms with E-state index in [4.69, 9.17) is 9.47 Å². The van der Waals surface area contributed by atoms with E-state index in [2.05, 4.69) is 20.6 Å². The summed E-state index contributed by atoms with van der Waals surface area (Å²) in [7, 11) is 1.58. The molecule has 1 heterocycles. The largest absolute Gasteiger partial charge is 0.497 e. The van der Waals surface area contributed by atoms with Crippen LogP contribution in [0, 0.1) is 10.1 Å². The van der Waals surface area contributed by atoms with Crippen LogP contribution in [0.4, 0.5) is 23.0 Å². The molecule has 0 spiro atoms. The zero-order chi connectivity index (χ0) is 22.2. The Kier molecular flexibility index (Phi) is 6.94. The predicted molar refractivity (Wildman–Crippen MR) is 115 cm³/mol. The SMILES string of the molecule is CCOC(=O)c1ccc(Nc2ncnc(NCc3ccc(OC)cc3)c2[N+](=O)[O-])cc1. The normalized spacial score (nSPS) is 10.3. The van der Waals surface area contributed by atoms with Crippen LogP contribution in [0.1, 0.15) is 22.8 Å². The van der Waals surface area contributed by atoms with Crippen LogP contribution in [0.3, 0.4) is 0 Å². The number of ether oxygens (including phenoxy) is 2. The second kappa shape index (κ2) is 10.0. The Labute approximate surface area is 178 Å². The Morgan fingerprint density at radius 3 is 2.35 bits per heavy atom. The molecule has 31 heavy (non-hydrogen) atoms. The highest BCUT2D eigenvalue weighted by Gasteiger charge is 2.23. The van der Waals surface area contributed by atoms with Crippen molar-refractivity contribution in [2.24, 2.45) is 0 Å². The molecule has 0 saturated carbocycles. The third-order valence-corrected chi connectivity index (χ3v) is 4.28. The molecule has 1 aromatic heterocycles. The van der Waals surface area contributed by atoms with Crippen molar-refractivity contribution in [1.82, 2.24) is 9.97 Å². The van der Waals surface area contributed by atoms with Crippen LogP contribution in [0.5, 0.6) is 5.75 Å². The molecule has 2 N–H and O–H groups in total. The van der Waals surface area contributed by atoms with Crippen molar-refractivity contribution in [3.8, 4) is 5.75 Å². The molecular weight excluding hydrogens is 402 g/mol. The molecule has 0 radical (unpaired) electrons. The van der Waals surface area contributed by atoms with E-state index in [1.54, 1.807) is 50.4 Å². The smallest absolute Gasteiger partial charge is 0.353 e. The molecule has 2 aromatic carbocycles. The molecule has 160 valence electrons. The van der Waals surface area contributed by atoms with Gasteiger partial charge in [0.15, 0.2) is 0 Å². The zero-order valence-electron chi connectivity index (χ0n) is 17.0. The van der Waals surface area contributed by atoms with E-state index < -0.39 is 10.9 Å². The van der Waals surface area contributed by atoms with E-state index in [9.17, 15) is 14.9 Å². The summed E-state index contributed by atoms with van der Waals surface area (Å²) >= 11 is 0. The lowest BCUT2D eigenvalue weighted by Crippen LogP contribution is -2.08. The number of carbonyl (C=O) groups is 1. The Hall–Kier alpha value is -4.21. The fourth-order valence-corrected chi connectivity index (χ4v) is 2.74. The highest BCUT2D eigenvalue weighted by atomic mass is 16.6. The van der Waals surface area contributed by atoms with E-state index in [1.165, 1.54) is 6.33 Å². The van der Waals surface area contributed by atoms with Crippen LogP contribution in [0.15, 0.2) is 54.9 Å². The summed E-state index contributed by atoms with van der Waals surface area (Å²) in [6.07, 6.45) is 1.23. The Bertz CT molecular complexity index is 1050. The molecule has 3 aromatic rings. The van der Waals surface area contributed by atoms with E-state index in [0.29, 0.717) is 17.8 Å². The van der Waals surface area contributed by atoms with E-state index >= 15 is 0 Å². The Morgan fingerprint density at radius 2 is 1.74 bits per heavy atom. The van der Waals surface area contributed by atoms with Crippen molar-refractivity contribution in [1.29, 1.82) is 0 Å². The molecule has 0 atom stereocenters. The number of hydrogen-bond donors (Lipinski definition) is 2. The fraction of sp³-hybridized carbons (Fsp3) is 0.190. The van der Waals surface area contributed by atoms with Crippen LogP contribution in [-0.4, -0.2) is 34.6 Å². The van der Waals surface area contributed by atoms with Crippen molar-refractivity contribution in [3.63, 3.8) is 0 Å². The monoisotopic (exact) mass is 423 g/mol. The number of esters is 1. The van der Waals surface area contributed by atoms with Gasteiger partial charge >= 0.3 is 11.7 Å². The molecule has 3 rings (SSSR count). The minimum Gasteiger partial charge on any atom is -0.497 e. The topological polar surface area (TPSA) is 129 Å². The van der Waals surface area contributed by atoms with E-state index in [0.717, 1.165) is 11.3 Å². The third kappa shape index (κ3) is 5.44. The zero-order valence-corrected chi connectivity index (χ0v) is 17.0. The van der Waals surface area contributed by atoms with Crippen molar-refractivity contribution in [2.75, 3.05) is 24.4 Å². The molecule has 0 aliphatic heterocycles. The fourth-order valence-electron chi connectivity index (χ4n) is 2.74. The number of methoxy groups -OCH3 is 1. The first kappa shape index (κ1) is 21.5. The summed E-state index contributed by atoms with van der Waals surface area (Å²) in [5.41, 5.74) is 1.52. The summed E-state index contributed by atoms with van der Waals surface area (Å²) in [5, 5.41) is 17.6. The van der Waals surface area contributed by atoms with Crippen LogP contribution in [0.2, 0.25) is 0 Å². The molecule has 0 aliphatic carbocycles. The highest BCUT2D eigenvalue weighted by Crippen LogP contribution is 2.31. The van der Waals surface area contributed by atoms with Gasteiger partial charge in [0.1, 0.15) is 12.1 Å². The van der Waals surface area contributed by atoms with Crippen molar-refractivity contribution in [3.05, 3.63) is 76.1 Å². The van der Waals surface area contributed by atoms with Crippen LogP contribution >= 0.6 is 0 Å². The maximum atomic E-state index is 11.8. The lowest BCUT2D eigenvalue weighted by Gasteiger charge is -2.11. The second-order valence-electron chi connectivity index (χ2n) is 6.30. The number of nitrogens with zero attached hydrogens (tertiary/aromatic N) is 3. The van der Waals surface area contributed by atoms with Gasteiger partial charge in [-0.3, -0.25) is 10.1 Å². The molecule has 10 heteroatoms. The molecule has 0 saturated heterocycles. The molecule has 0 bridgehead atoms. The maximum absolute atomic E-state index is 11.8. The lowest BCUT2D eigenvalue weighted by atomic mass is 10.2. The number of aromatic nitrogens is 2. The Balaban J connectivity index is 1.78. The first-order chi connectivity index (χ1) is 15.0. The average Bonchev–Trinajstić information content (AvgIpc) is 2.78. The third-order valence-electron chi connectivity index (χ3n) is 4.28. The molecule has 0 aliphatic rings. The maximum Gasteiger partial charge on any atom is 0.353 e. The summed E-state index contributed by atoms with van der Waals surface area (Å²) in [6.45, 7) is 2.33. The van der Waals surface area contributed by atoms with Gasteiger partial charge in [0.2, 0.25) is 11.6 Å². The van der Waals surface area contributed by atoms with Gasteiger partial charge in [-0.2, -0.15) is 0 Å². The minimum absolute atomic E-state index is 0.0288. The Morgan fingerprint density at radius 1 is 1.06 bits per heavy atom. The van der Waals surface area contributed by atoms with Crippen molar-refractivity contribution in [2.45, 2.75) is 13.5 Å². The van der Waals surface area contributed by atoms with Gasteiger partial charge in [-0.15, -0.1) is 0 Å². The number of nitro groups is 1. The quantitative estimate of drug-likeness (QED) is 0.299. The number of anilines is 3. The molecular formula is C21H21N5O5. The lowest BCUT2D eigenvalue weighted by molar-refractivity contribution is -0.383. The van der Waals surface area contributed by atoms with Gasteiger partial charge in [0.25, 0.3) is 0 Å². The van der Waals surface area contributed by atoms with E-state index in [-0.39, 0.29) is 23.9 Å². The minimum atomic E-state index is -0.550. The summed E-state index contributed by atoms with van der Waals surface area (Å²) in [4.78, 5) is 30.9. The van der Waals surface area contributed by atoms with Gasteiger partial charge < -0.3 is 20.1 Å². The second-order valence-corrected chi connectivity index (χ2v) is 6.30. The first-order valence-electron chi connectivity index (χ1n) is 9.42. The molecule has 0 amide bonds. The predicted octanol–water partition coefficient (Wildman–Crippen LogP) is 3.93. The molecule has 0 fully saturated rings. The average molecular weight is 423 g/mol. The molecule has 0 unspecified atom stereocenters. The van der Waals surface area contributed by atoms with Gasteiger partial charge in [0.05, 0.1) is 24.2 Å². The highest BCUT2D eigenvalue weighted by molar-refractivity contribution is 5.90. The van der Waals surface area contributed by atoms with Gasteiger partial charge in [0, 0.05) is 12.2 Å². The molecule has 10 nitrogen and oxygen atoms in total. The van der Waals surface area contributed by atoms with Crippen molar-refractivity contribution < 1.29 is 19.2 Å². The summed E-state index contributed by atoms with van der Waals surface area (Å²) < 4.78 is 10.1. The summed E-state index contributed by atoms with van der Waals surface area (Å²) in [5.74, 6) is 0.395. The van der Waals surface area contributed by atoms with Gasteiger partial charge in [-0.1, -0.05) is 12.1 Å². The van der Waals surface area contributed by atoms with Gasteiger partial charge in [-0.25, -0.2) is 14.8 Å².